The second kappa shape index (κ2) is 6.03. The molecule has 0 atom stereocenters. The van der Waals surface area contributed by atoms with Crippen molar-refractivity contribution < 1.29 is 13.5 Å². The van der Waals surface area contributed by atoms with E-state index in [1.165, 1.54) is 0 Å². The standard InChI is InChI=1S/C14H21NO3S/c1-2-9-15(10-12-7-8-12)19(17,18)14-6-4-3-5-13(14)11-16/h3-6,12,16H,2,7-11H2,1H3. The average Bonchev–Trinajstić information content (AvgIpc) is 3.22. The molecule has 19 heavy (non-hydrogen) atoms. The van der Waals surface area contributed by atoms with Gasteiger partial charge in [0, 0.05) is 13.1 Å². The van der Waals surface area contributed by atoms with E-state index in [1.807, 2.05) is 6.92 Å². The number of aliphatic hydroxyl groups is 1. The van der Waals surface area contributed by atoms with Crippen LogP contribution in [0.25, 0.3) is 0 Å². The van der Waals surface area contributed by atoms with Gasteiger partial charge in [-0.1, -0.05) is 25.1 Å². The van der Waals surface area contributed by atoms with Gasteiger partial charge in [0.15, 0.2) is 0 Å². The SMILES string of the molecule is CCCN(CC1CC1)S(=O)(=O)c1ccccc1CO. The topological polar surface area (TPSA) is 57.6 Å². The van der Waals surface area contributed by atoms with Crippen molar-refractivity contribution in [2.75, 3.05) is 13.1 Å². The van der Waals surface area contributed by atoms with E-state index in [0.29, 0.717) is 24.6 Å². The zero-order valence-corrected chi connectivity index (χ0v) is 12.1. The summed E-state index contributed by atoms with van der Waals surface area (Å²) in [5.41, 5.74) is 0.472. The Bertz CT molecular complexity index is 523. The summed E-state index contributed by atoms with van der Waals surface area (Å²) in [6.45, 7) is 2.88. The molecule has 0 heterocycles. The fourth-order valence-electron chi connectivity index (χ4n) is 2.17. The molecular formula is C14H21NO3S. The van der Waals surface area contributed by atoms with Gasteiger partial charge in [-0.25, -0.2) is 8.42 Å². The maximum absolute atomic E-state index is 12.7. The van der Waals surface area contributed by atoms with Crippen LogP contribution >= 0.6 is 0 Å². The van der Waals surface area contributed by atoms with E-state index in [9.17, 15) is 13.5 Å². The second-order valence-electron chi connectivity index (χ2n) is 5.07. The van der Waals surface area contributed by atoms with E-state index in [4.69, 9.17) is 0 Å². The number of nitrogens with zero attached hydrogens (tertiary/aromatic N) is 1. The smallest absolute Gasteiger partial charge is 0.243 e. The van der Waals surface area contributed by atoms with E-state index in [-0.39, 0.29) is 11.5 Å². The zero-order chi connectivity index (χ0) is 13.9. The van der Waals surface area contributed by atoms with Crippen LogP contribution in [0.1, 0.15) is 31.7 Å². The number of benzene rings is 1. The molecule has 1 fully saturated rings. The van der Waals surface area contributed by atoms with Crippen LogP contribution in [-0.2, 0) is 16.6 Å². The summed E-state index contributed by atoms with van der Waals surface area (Å²) in [5, 5.41) is 9.30. The van der Waals surface area contributed by atoms with Gasteiger partial charge in [0.25, 0.3) is 0 Å². The summed E-state index contributed by atoms with van der Waals surface area (Å²) >= 11 is 0. The summed E-state index contributed by atoms with van der Waals surface area (Å²) in [5.74, 6) is 0.516. The lowest BCUT2D eigenvalue weighted by Crippen LogP contribution is -2.34. The van der Waals surface area contributed by atoms with Crippen LogP contribution in [0.2, 0.25) is 0 Å². The highest BCUT2D eigenvalue weighted by Crippen LogP contribution is 2.32. The molecule has 2 rings (SSSR count). The number of aliphatic hydroxyl groups excluding tert-OH is 1. The van der Waals surface area contributed by atoms with Crippen LogP contribution in [0.4, 0.5) is 0 Å². The molecular weight excluding hydrogens is 262 g/mol. The van der Waals surface area contributed by atoms with Gasteiger partial charge >= 0.3 is 0 Å². The first-order valence-corrected chi connectivity index (χ1v) is 8.22. The normalized spacial score (nSPS) is 15.9. The van der Waals surface area contributed by atoms with E-state index >= 15 is 0 Å². The van der Waals surface area contributed by atoms with Crippen LogP contribution in [0.3, 0.4) is 0 Å². The molecule has 0 aromatic heterocycles. The predicted molar refractivity (Wildman–Crippen MR) is 74.1 cm³/mol. The Hall–Kier alpha value is -0.910. The second-order valence-corrected chi connectivity index (χ2v) is 6.98. The van der Waals surface area contributed by atoms with Crippen molar-refractivity contribution in [2.45, 2.75) is 37.7 Å². The van der Waals surface area contributed by atoms with Crippen molar-refractivity contribution in [3.63, 3.8) is 0 Å². The Morgan fingerprint density at radius 1 is 1.32 bits per heavy atom. The molecule has 0 radical (unpaired) electrons. The Kier molecular flexibility index (Phi) is 4.60. The first-order chi connectivity index (χ1) is 9.09. The summed E-state index contributed by atoms with van der Waals surface area (Å²) in [6, 6.07) is 6.69. The third-order valence-electron chi connectivity index (χ3n) is 3.39. The summed E-state index contributed by atoms with van der Waals surface area (Å²) in [4.78, 5) is 0.242. The molecule has 1 aliphatic rings. The molecule has 4 nitrogen and oxygen atoms in total. The zero-order valence-electron chi connectivity index (χ0n) is 11.2. The highest BCUT2D eigenvalue weighted by molar-refractivity contribution is 7.89. The van der Waals surface area contributed by atoms with Gasteiger partial charge in [-0.15, -0.1) is 0 Å². The lowest BCUT2D eigenvalue weighted by Gasteiger charge is -2.22. The van der Waals surface area contributed by atoms with Crippen molar-refractivity contribution in [3.05, 3.63) is 29.8 Å². The minimum absolute atomic E-state index is 0.242. The van der Waals surface area contributed by atoms with Crippen LogP contribution < -0.4 is 0 Å². The molecule has 0 amide bonds. The van der Waals surface area contributed by atoms with Crippen molar-refractivity contribution >= 4 is 10.0 Å². The molecule has 0 saturated heterocycles. The fraction of sp³-hybridized carbons (Fsp3) is 0.571. The molecule has 0 bridgehead atoms. The van der Waals surface area contributed by atoms with E-state index in [0.717, 1.165) is 19.3 Å². The highest BCUT2D eigenvalue weighted by Gasteiger charge is 2.32. The van der Waals surface area contributed by atoms with Crippen molar-refractivity contribution in [3.8, 4) is 0 Å². The minimum atomic E-state index is -3.49. The van der Waals surface area contributed by atoms with Gasteiger partial charge in [-0.2, -0.15) is 4.31 Å². The molecule has 0 unspecified atom stereocenters. The van der Waals surface area contributed by atoms with E-state index < -0.39 is 10.0 Å². The molecule has 1 saturated carbocycles. The quantitative estimate of drug-likeness (QED) is 0.832. The maximum atomic E-state index is 12.7. The third kappa shape index (κ3) is 3.35. The molecule has 0 spiro atoms. The van der Waals surface area contributed by atoms with E-state index in [1.54, 1.807) is 28.6 Å². The lowest BCUT2D eigenvalue weighted by atomic mass is 10.2. The molecule has 106 valence electrons. The predicted octanol–water partition coefficient (Wildman–Crippen LogP) is 1.99. The van der Waals surface area contributed by atoms with Crippen LogP contribution in [0.15, 0.2) is 29.2 Å². The highest BCUT2D eigenvalue weighted by atomic mass is 32.2. The Balaban J connectivity index is 2.31. The number of sulfonamides is 1. The first-order valence-electron chi connectivity index (χ1n) is 6.78. The van der Waals surface area contributed by atoms with Gasteiger partial charge in [-0.3, -0.25) is 0 Å². The number of hydrogen-bond acceptors (Lipinski definition) is 3. The van der Waals surface area contributed by atoms with Gasteiger partial charge in [0.05, 0.1) is 11.5 Å². The Morgan fingerprint density at radius 3 is 2.58 bits per heavy atom. The van der Waals surface area contributed by atoms with Gasteiger partial charge < -0.3 is 5.11 Å². The largest absolute Gasteiger partial charge is 0.392 e. The summed E-state index contributed by atoms with van der Waals surface area (Å²) < 4.78 is 26.9. The number of rotatable bonds is 7. The van der Waals surface area contributed by atoms with Gasteiger partial charge in [0.2, 0.25) is 10.0 Å². The molecule has 1 aliphatic carbocycles. The lowest BCUT2D eigenvalue weighted by molar-refractivity contribution is 0.278. The average molecular weight is 283 g/mol. The van der Waals surface area contributed by atoms with Crippen molar-refractivity contribution in [2.24, 2.45) is 5.92 Å². The Labute approximate surface area is 115 Å². The van der Waals surface area contributed by atoms with Crippen molar-refractivity contribution in [1.29, 1.82) is 0 Å². The van der Waals surface area contributed by atoms with Crippen LogP contribution in [-0.4, -0.2) is 30.9 Å². The Morgan fingerprint density at radius 2 is 2.00 bits per heavy atom. The van der Waals surface area contributed by atoms with Gasteiger partial charge in [0.1, 0.15) is 0 Å². The van der Waals surface area contributed by atoms with Crippen molar-refractivity contribution in [1.82, 2.24) is 4.31 Å². The summed E-state index contributed by atoms with van der Waals surface area (Å²) in [6.07, 6.45) is 3.04. The fourth-order valence-corrected chi connectivity index (χ4v) is 4.00. The molecule has 5 heteroatoms. The monoisotopic (exact) mass is 283 g/mol. The minimum Gasteiger partial charge on any atom is -0.392 e. The third-order valence-corrected chi connectivity index (χ3v) is 5.36. The first kappa shape index (κ1) is 14.5. The summed E-state index contributed by atoms with van der Waals surface area (Å²) in [7, 11) is -3.49. The number of hydrogen-bond donors (Lipinski definition) is 1. The molecule has 1 aromatic rings. The maximum Gasteiger partial charge on any atom is 0.243 e. The van der Waals surface area contributed by atoms with Gasteiger partial charge in [-0.05, 0) is 36.8 Å². The molecule has 1 N–H and O–H groups in total. The van der Waals surface area contributed by atoms with Crippen LogP contribution in [0, 0.1) is 5.92 Å². The molecule has 0 aliphatic heterocycles. The molecule has 1 aromatic carbocycles. The van der Waals surface area contributed by atoms with E-state index in [2.05, 4.69) is 0 Å². The van der Waals surface area contributed by atoms with Crippen LogP contribution in [0.5, 0.6) is 0 Å².